The molecule has 3 heteroatoms. The van der Waals surface area contributed by atoms with Gasteiger partial charge in [-0.15, -0.1) is 0 Å². The van der Waals surface area contributed by atoms with Crippen LogP contribution >= 0.6 is 15.9 Å². The fraction of sp³-hybridized carbons (Fsp3) is 0.938. The lowest BCUT2D eigenvalue weighted by Crippen LogP contribution is -1.97. The number of rotatable bonds is 15. The van der Waals surface area contributed by atoms with E-state index in [-0.39, 0.29) is 4.69 Å². The zero-order valence-corrected chi connectivity index (χ0v) is 14.1. The Bertz CT molecular complexity index is 197. The molecule has 0 heterocycles. The van der Waals surface area contributed by atoms with Crippen molar-refractivity contribution in [3.05, 3.63) is 0 Å². The number of unbranched alkanes of at least 4 members (excludes halogenated alkanes) is 12. The molecular weight excluding hydrogens is 302 g/mol. The average Bonchev–Trinajstić information content (AvgIpc) is 2.39. The Balaban J connectivity index is 2.93. The highest BCUT2D eigenvalue weighted by molar-refractivity contribution is 9.18. The molecule has 0 aromatic carbocycles. The van der Waals surface area contributed by atoms with E-state index in [1.165, 1.54) is 77.0 Å². The van der Waals surface area contributed by atoms with Crippen LogP contribution in [0.15, 0.2) is 0 Å². The Morgan fingerprint density at radius 3 is 1.26 bits per heavy atom. The zero-order chi connectivity index (χ0) is 14.2. The molecule has 2 N–H and O–H groups in total. The first kappa shape index (κ1) is 19.1. The van der Waals surface area contributed by atoms with Crippen LogP contribution in [0.25, 0.3) is 0 Å². The van der Waals surface area contributed by atoms with Gasteiger partial charge in [0.2, 0.25) is 0 Å². The van der Waals surface area contributed by atoms with Gasteiger partial charge in [0.1, 0.15) is 0 Å². The van der Waals surface area contributed by atoms with Crippen LogP contribution in [-0.4, -0.2) is 11.2 Å². The molecule has 19 heavy (non-hydrogen) atoms. The number of hydrogen-bond acceptors (Lipinski definition) is 2. The number of carbonyl (C=O) groups excluding carboxylic acids is 1. The SMILES string of the molecule is NCCCCCCCCCCCCCCCC(=O)Br. The summed E-state index contributed by atoms with van der Waals surface area (Å²) in [5.41, 5.74) is 5.46. The molecule has 0 spiro atoms. The quantitative estimate of drug-likeness (QED) is 0.325. The summed E-state index contributed by atoms with van der Waals surface area (Å²) in [5, 5.41) is 0. The van der Waals surface area contributed by atoms with Crippen LogP contribution in [0.5, 0.6) is 0 Å². The lowest BCUT2D eigenvalue weighted by Gasteiger charge is -2.02. The Hall–Kier alpha value is 0.110. The molecule has 0 atom stereocenters. The zero-order valence-electron chi connectivity index (χ0n) is 12.5. The molecule has 0 fully saturated rings. The number of hydrogen-bond donors (Lipinski definition) is 1. The normalized spacial score (nSPS) is 10.8. The molecular formula is C16H32BrNO. The van der Waals surface area contributed by atoms with Gasteiger partial charge in [-0.3, -0.25) is 4.79 Å². The smallest absolute Gasteiger partial charge is 0.197 e. The van der Waals surface area contributed by atoms with Gasteiger partial charge in [0.25, 0.3) is 0 Å². The van der Waals surface area contributed by atoms with E-state index in [2.05, 4.69) is 15.9 Å². The minimum absolute atomic E-state index is 0.152. The molecule has 0 rings (SSSR count). The predicted octanol–water partition coefficient (Wildman–Crippen LogP) is 5.33. The largest absolute Gasteiger partial charge is 0.330 e. The predicted molar refractivity (Wildman–Crippen MR) is 87.6 cm³/mol. The van der Waals surface area contributed by atoms with Gasteiger partial charge in [0.05, 0.1) is 0 Å². The van der Waals surface area contributed by atoms with Crippen LogP contribution in [0.2, 0.25) is 0 Å². The van der Waals surface area contributed by atoms with E-state index in [4.69, 9.17) is 5.73 Å². The van der Waals surface area contributed by atoms with Gasteiger partial charge >= 0.3 is 0 Å². The summed E-state index contributed by atoms with van der Waals surface area (Å²) >= 11 is 2.97. The first-order chi connectivity index (χ1) is 9.27. The van der Waals surface area contributed by atoms with E-state index in [1.54, 1.807) is 0 Å². The summed E-state index contributed by atoms with van der Waals surface area (Å²) < 4.78 is 0.152. The highest BCUT2D eigenvalue weighted by Crippen LogP contribution is 2.13. The topological polar surface area (TPSA) is 43.1 Å². The summed E-state index contributed by atoms with van der Waals surface area (Å²) in [6.07, 6.45) is 17.8. The van der Waals surface area contributed by atoms with Crippen molar-refractivity contribution in [2.75, 3.05) is 6.54 Å². The number of nitrogens with two attached hydrogens (primary N) is 1. The first-order valence-electron chi connectivity index (χ1n) is 8.15. The van der Waals surface area contributed by atoms with Crippen LogP contribution < -0.4 is 5.73 Å². The maximum Gasteiger partial charge on any atom is 0.197 e. The molecule has 0 aromatic heterocycles. The highest BCUT2D eigenvalue weighted by Gasteiger charge is 1.96. The standard InChI is InChI=1S/C16H32BrNO/c17-16(19)14-12-10-8-6-4-2-1-3-5-7-9-11-13-15-18/h1-15,18H2. The fourth-order valence-electron chi connectivity index (χ4n) is 2.35. The molecule has 114 valence electrons. The molecule has 0 saturated heterocycles. The van der Waals surface area contributed by atoms with Crippen molar-refractivity contribution in [1.29, 1.82) is 0 Å². The van der Waals surface area contributed by atoms with E-state index in [0.717, 1.165) is 13.0 Å². The third-order valence-electron chi connectivity index (χ3n) is 3.58. The van der Waals surface area contributed by atoms with E-state index in [0.29, 0.717) is 6.42 Å². The lowest BCUT2D eigenvalue weighted by molar-refractivity contribution is -0.110. The fourth-order valence-corrected chi connectivity index (χ4v) is 2.63. The summed E-state index contributed by atoms with van der Waals surface area (Å²) in [4.78, 5) is 10.7. The summed E-state index contributed by atoms with van der Waals surface area (Å²) in [7, 11) is 0. The second-order valence-corrected chi connectivity index (χ2v) is 6.37. The van der Waals surface area contributed by atoms with E-state index >= 15 is 0 Å². The van der Waals surface area contributed by atoms with E-state index in [1.807, 2.05) is 0 Å². The van der Waals surface area contributed by atoms with Crippen molar-refractivity contribution in [2.24, 2.45) is 5.73 Å². The maximum absolute atomic E-state index is 10.7. The molecule has 0 radical (unpaired) electrons. The molecule has 0 saturated carbocycles. The number of carbonyl (C=O) groups is 1. The van der Waals surface area contributed by atoms with Crippen LogP contribution in [0.1, 0.15) is 89.9 Å². The van der Waals surface area contributed by atoms with E-state index < -0.39 is 0 Å². The minimum Gasteiger partial charge on any atom is -0.330 e. The van der Waals surface area contributed by atoms with Crippen molar-refractivity contribution in [3.63, 3.8) is 0 Å². The van der Waals surface area contributed by atoms with Gasteiger partial charge in [0.15, 0.2) is 4.69 Å². The van der Waals surface area contributed by atoms with Crippen LogP contribution in [-0.2, 0) is 4.79 Å². The Morgan fingerprint density at radius 1 is 0.632 bits per heavy atom. The van der Waals surface area contributed by atoms with Crippen LogP contribution in [0, 0.1) is 0 Å². The van der Waals surface area contributed by atoms with Crippen LogP contribution in [0.4, 0.5) is 0 Å². The third-order valence-corrected chi connectivity index (χ3v) is 3.97. The lowest BCUT2D eigenvalue weighted by atomic mass is 10.0. The first-order valence-corrected chi connectivity index (χ1v) is 8.95. The van der Waals surface area contributed by atoms with Gasteiger partial charge in [-0.25, -0.2) is 0 Å². The Morgan fingerprint density at radius 2 is 0.947 bits per heavy atom. The van der Waals surface area contributed by atoms with Gasteiger partial charge in [-0.2, -0.15) is 0 Å². The maximum atomic E-state index is 10.7. The van der Waals surface area contributed by atoms with Crippen LogP contribution in [0.3, 0.4) is 0 Å². The van der Waals surface area contributed by atoms with Gasteiger partial charge in [-0.1, -0.05) is 70.6 Å². The van der Waals surface area contributed by atoms with Crippen molar-refractivity contribution in [2.45, 2.75) is 89.9 Å². The van der Waals surface area contributed by atoms with E-state index in [9.17, 15) is 4.79 Å². The number of halogens is 1. The molecule has 0 unspecified atom stereocenters. The summed E-state index contributed by atoms with van der Waals surface area (Å²) in [6.45, 7) is 0.851. The monoisotopic (exact) mass is 333 g/mol. The Labute approximate surface area is 128 Å². The second kappa shape index (κ2) is 16.2. The molecule has 0 aliphatic carbocycles. The molecule has 0 aliphatic rings. The second-order valence-electron chi connectivity index (χ2n) is 5.49. The highest BCUT2D eigenvalue weighted by atomic mass is 79.9. The van der Waals surface area contributed by atoms with Gasteiger partial charge in [-0.05, 0) is 35.3 Å². The Kier molecular flexibility index (Phi) is 16.3. The summed E-state index contributed by atoms with van der Waals surface area (Å²) in [6, 6.07) is 0. The van der Waals surface area contributed by atoms with Crippen molar-refractivity contribution in [1.82, 2.24) is 0 Å². The minimum atomic E-state index is 0.152. The summed E-state index contributed by atoms with van der Waals surface area (Å²) in [5.74, 6) is 0. The molecule has 0 aromatic rings. The van der Waals surface area contributed by atoms with Crippen molar-refractivity contribution in [3.8, 4) is 0 Å². The van der Waals surface area contributed by atoms with Crippen molar-refractivity contribution >= 4 is 20.6 Å². The molecule has 2 nitrogen and oxygen atoms in total. The van der Waals surface area contributed by atoms with Gasteiger partial charge < -0.3 is 5.73 Å². The molecule has 0 amide bonds. The average molecular weight is 334 g/mol. The molecule has 0 bridgehead atoms. The third kappa shape index (κ3) is 18.1. The van der Waals surface area contributed by atoms with Gasteiger partial charge in [0, 0.05) is 6.42 Å². The molecule has 0 aliphatic heterocycles. The van der Waals surface area contributed by atoms with Crippen molar-refractivity contribution < 1.29 is 4.79 Å².